The van der Waals surface area contributed by atoms with Crippen LogP contribution < -0.4 is 5.32 Å². The van der Waals surface area contributed by atoms with E-state index < -0.39 is 0 Å². The molecule has 1 aromatic heterocycles. The fourth-order valence-electron chi connectivity index (χ4n) is 3.66. The summed E-state index contributed by atoms with van der Waals surface area (Å²) in [5.41, 5.74) is 1.31. The lowest BCUT2D eigenvalue weighted by molar-refractivity contribution is 0.0963. The Kier molecular flexibility index (Phi) is 5.86. The minimum atomic E-state index is 0.913. The molecule has 0 amide bonds. The van der Waals surface area contributed by atoms with Crippen LogP contribution in [0.1, 0.15) is 18.4 Å². The molecule has 2 aliphatic rings. The average Bonchev–Trinajstić information content (AvgIpc) is 2.59. The van der Waals surface area contributed by atoms with Gasteiger partial charge in [-0.1, -0.05) is 6.07 Å². The highest BCUT2D eigenvalue weighted by molar-refractivity contribution is 5.34. The Labute approximate surface area is 140 Å². The molecule has 1 aromatic rings. The SMILES string of the molecule is CNc1ccc(CN2CCN(CC3CCN(C)CC3)CC2)cn1. The van der Waals surface area contributed by atoms with Gasteiger partial charge in [0.2, 0.25) is 0 Å². The van der Waals surface area contributed by atoms with Crippen molar-refractivity contribution in [1.29, 1.82) is 0 Å². The number of likely N-dealkylation sites (tertiary alicyclic amines) is 1. The molecule has 0 spiro atoms. The van der Waals surface area contributed by atoms with Crippen LogP contribution in [0, 0.1) is 5.92 Å². The predicted molar refractivity (Wildman–Crippen MR) is 95.7 cm³/mol. The first-order chi connectivity index (χ1) is 11.2. The molecule has 0 atom stereocenters. The van der Waals surface area contributed by atoms with E-state index in [1.807, 2.05) is 13.2 Å². The van der Waals surface area contributed by atoms with E-state index in [4.69, 9.17) is 0 Å². The zero-order valence-electron chi connectivity index (χ0n) is 14.7. The number of nitrogens with zero attached hydrogens (tertiary/aromatic N) is 4. The maximum absolute atomic E-state index is 4.41. The van der Waals surface area contributed by atoms with E-state index in [0.29, 0.717) is 0 Å². The number of nitrogens with one attached hydrogen (secondary N) is 1. The van der Waals surface area contributed by atoms with Gasteiger partial charge in [0.05, 0.1) is 0 Å². The summed E-state index contributed by atoms with van der Waals surface area (Å²) >= 11 is 0. The largest absolute Gasteiger partial charge is 0.373 e. The van der Waals surface area contributed by atoms with Crippen molar-refractivity contribution >= 4 is 5.82 Å². The van der Waals surface area contributed by atoms with Gasteiger partial charge < -0.3 is 15.1 Å². The predicted octanol–water partition coefficient (Wildman–Crippen LogP) is 1.58. The minimum absolute atomic E-state index is 0.913. The Morgan fingerprint density at radius 2 is 1.74 bits per heavy atom. The van der Waals surface area contributed by atoms with Gasteiger partial charge in [-0.2, -0.15) is 0 Å². The molecular formula is C18H31N5. The van der Waals surface area contributed by atoms with Crippen molar-refractivity contribution in [3.05, 3.63) is 23.9 Å². The Morgan fingerprint density at radius 1 is 1.04 bits per heavy atom. The summed E-state index contributed by atoms with van der Waals surface area (Å²) < 4.78 is 0. The first-order valence-corrected chi connectivity index (χ1v) is 8.99. The van der Waals surface area contributed by atoms with Gasteiger partial charge in [0.1, 0.15) is 5.82 Å². The summed E-state index contributed by atoms with van der Waals surface area (Å²) in [6.07, 6.45) is 4.75. The van der Waals surface area contributed by atoms with Crippen molar-refractivity contribution in [2.45, 2.75) is 19.4 Å². The average molecular weight is 317 g/mol. The van der Waals surface area contributed by atoms with Crippen molar-refractivity contribution in [3.63, 3.8) is 0 Å². The molecule has 1 N–H and O–H groups in total. The van der Waals surface area contributed by atoms with Gasteiger partial charge in [-0.15, -0.1) is 0 Å². The lowest BCUT2D eigenvalue weighted by atomic mass is 9.96. The molecule has 2 saturated heterocycles. The Morgan fingerprint density at radius 3 is 2.35 bits per heavy atom. The van der Waals surface area contributed by atoms with E-state index in [1.165, 1.54) is 64.2 Å². The van der Waals surface area contributed by atoms with Gasteiger partial charge in [0, 0.05) is 52.5 Å². The van der Waals surface area contributed by atoms with Crippen LogP contribution in [0.4, 0.5) is 5.82 Å². The topological polar surface area (TPSA) is 34.6 Å². The third-order valence-corrected chi connectivity index (χ3v) is 5.31. The van der Waals surface area contributed by atoms with E-state index in [-0.39, 0.29) is 0 Å². The van der Waals surface area contributed by atoms with Gasteiger partial charge >= 0.3 is 0 Å². The van der Waals surface area contributed by atoms with Crippen LogP contribution in [0.2, 0.25) is 0 Å². The van der Waals surface area contributed by atoms with Gasteiger partial charge in [-0.3, -0.25) is 4.90 Å². The first kappa shape index (κ1) is 16.7. The van der Waals surface area contributed by atoms with Crippen LogP contribution in [0.3, 0.4) is 0 Å². The lowest BCUT2D eigenvalue weighted by Gasteiger charge is -2.38. The maximum atomic E-state index is 4.41. The van der Waals surface area contributed by atoms with Crippen LogP contribution in [0.5, 0.6) is 0 Å². The van der Waals surface area contributed by atoms with Crippen LogP contribution >= 0.6 is 0 Å². The summed E-state index contributed by atoms with van der Waals surface area (Å²) in [5, 5.41) is 3.07. The lowest BCUT2D eigenvalue weighted by Crippen LogP contribution is -2.48. The molecule has 2 aliphatic heterocycles. The standard InChI is InChI=1S/C18H31N5/c1-19-18-4-3-17(13-20-18)15-23-11-9-22(10-12-23)14-16-5-7-21(2)8-6-16/h3-4,13,16H,5-12,14-15H2,1-2H3,(H,19,20). The fraction of sp³-hybridized carbons (Fsp3) is 0.722. The Bertz CT molecular complexity index is 459. The van der Waals surface area contributed by atoms with Crippen molar-refractivity contribution < 1.29 is 0 Å². The number of anilines is 1. The quantitative estimate of drug-likeness (QED) is 0.892. The Balaban J connectivity index is 1.39. The van der Waals surface area contributed by atoms with E-state index in [2.05, 4.69) is 44.2 Å². The molecule has 5 heteroatoms. The second-order valence-electron chi connectivity index (χ2n) is 7.13. The molecule has 0 unspecified atom stereocenters. The van der Waals surface area contributed by atoms with Gasteiger partial charge in [0.25, 0.3) is 0 Å². The van der Waals surface area contributed by atoms with E-state index in [0.717, 1.165) is 18.3 Å². The number of piperidine rings is 1. The highest BCUT2D eigenvalue weighted by Crippen LogP contribution is 2.18. The van der Waals surface area contributed by atoms with Crippen LogP contribution in [0.15, 0.2) is 18.3 Å². The Hall–Kier alpha value is -1.17. The van der Waals surface area contributed by atoms with Crippen LogP contribution in [-0.4, -0.2) is 79.6 Å². The minimum Gasteiger partial charge on any atom is -0.373 e. The molecule has 0 bridgehead atoms. The second kappa shape index (κ2) is 8.08. The number of hydrogen-bond acceptors (Lipinski definition) is 5. The molecule has 0 aromatic carbocycles. The number of rotatable bonds is 5. The number of pyridine rings is 1. The van der Waals surface area contributed by atoms with E-state index in [9.17, 15) is 0 Å². The normalized spacial score (nSPS) is 22.3. The second-order valence-corrected chi connectivity index (χ2v) is 7.13. The van der Waals surface area contributed by atoms with Gasteiger partial charge in [0.15, 0.2) is 0 Å². The fourth-order valence-corrected chi connectivity index (χ4v) is 3.66. The summed E-state index contributed by atoms with van der Waals surface area (Å²) in [6, 6.07) is 4.25. The molecule has 3 heterocycles. The number of aromatic nitrogens is 1. The van der Waals surface area contributed by atoms with Crippen molar-refractivity contribution in [1.82, 2.24) is 19.7 Å². The van der Waals surface area contributed by atoms with Crippen LogP contribution in [-0.2, 0) is 6.54 Å². The highest BCUT2D eigenvalue weighted by Gasteiger charge is 2.22. The highest BCUT2D eigenvalue weighted by atomic mass is 15.3. The summed E-state index contributed by atoms with van der Waals surface area (Å²) in [7, 11) is 4.15. The summed E-state index contributed by atoms with van der Waals surface area (Å²) in [5.74, 6) is 1.85. The van der Waals surface area contributed by atoms with Gasteiger partial charge in [-0.05, 0) is 50.5 Å². The van der Waals surface area contributed by atoms with E-state index >= 15 is 0 Å². The van der Waals surface area contributed by atoms with Crippen molar-refractivity contribution in [2.75, 3.05) is 65.2 Å². The molecule has 2 fully saturated rings. The zero-order chi connectivity index (χ0) is 16.1. The smallest absolute Gasteiger partial charge is 0.125 e. The molecule has 23 heavy (non-hydrogen) atoms. The summed E-state index contributed by atoms with van der Waals surface area (Å²) in [4.78, 5) is 12.1. The molecule has 5 nitrogen and oxygen atoms in total. The van der Waals surface area contributed by atoms with E-state index in [1.54, 1.807) is 0 Å². The number of piperazine rings is 1. The van der Waals surface area contributed by atoms with Crippen LogP contribution in [0.25, 0.3) is 0 Å². The molecule has 128 valence electrons. The maximum Gasteiger partial charge on any atom is 0.125 e. The molecule has 3 rings (SSSR count). The summed E-state index contributed by atoms with van der Waals surface area (Å²) in [6.45, 7) is 9.68. The third kappa shape index (κ3) is 4.90. The molecular weight excluding hydrogens is 286 g/mol. The van der Waals surface area contributed by atoms with Crippen molar-refractivity contribution in [2.24, 2.45) is 5.92 Å². The molecule has 0 radical (unpaired) electrons. The molecule has 0 saturated carbocycles. The number of hydrogen-bond donors (Lipinski definition) is 1. The van der Waals surface area contributed by atoms with Crippen molar-refractivity contribution in [3.8, 4) is 0 Å². The monoisotopic (exact) mass is 317 g/mol. The first-order valence-electron chi connectivity index (χ1n) is 8.99. The van der Waals surface area contributed by atoms with Gasteiger partial charge in [-0.25, -0.2) is 4.98 Å². The third-order valence-electron chi connectivity index (χ3n) is 5.31. The zero-order valence-corrected chi connectivity index (χ0v) is 14.7. The molecule has 0 aliphatic carbocycles.